The van der Waals surface area contributed by atoms with Crippen molar-refractivity contribution >= 4 is 21.8 Å². The summed E-state index contributed by atoms with van der Waals surface area (Å²) in [7, 11) is 1.96. The maximum absolute atomic E-state index is 12.1. The smallest absolute Gasteiger partial charge is 0.234 e. The molecule has 0 aliphatic rings. The SMILES string of the molecule is C[C@@H](CNC(=O)CN(C)Cc1ccc(Br)cc1)c1ccccc1. The molecule has 0 unspecified atom stereocenters. The van der Waals surface area contributed by atoms with E-state index in [2.05, 4.69) is 52.4 Å². The number of hydrogen-bond donors (Lipinski definition) is 1. The van der Waals surface area contributed by atoms with Crippen molar-refractivity contribution in [3.8, 4) is 0 Å². The van der Waals surface area contributed by atoms with Gasteiger partial charge in [-0.05, 0) is 36.2 Å². The maximum atomic E-state index is 12.1. The summed E-state index contributed by atoms with van der Waals surface area (Å²) in [4.78, 5) is 14.1. The van der Waals surface area contributed by atoms with Crippen LogP contribution in [0.25, 0.3) is 0 Å². The zero-order chi connectivity index (χ0) is 16.7. The van der Waals surface area contributed by atoms with Gasteiger partial charge in [-0.25, -0.2) is 0 Å². The summed E-state index contributed by atoms with van der Waals surface area (Å²) in [5.41, 5.74) is 2.44. The summed E-state index contributed by atoms with van der Waals surface area (Å²) in [5, 5.41) is 3.02. The molecule has 1 amide bonds. The van der Waals surface area contributed by atoms with Crippen molar-refractivity contribution in [3.63, 3.8) is 0 Å². The second-order valence-corrected chi connectivity index (χ2v) is 6.83. The van der Waals surface area contributed by atoms with Crippen LogP contribution in [0.4, 0.5) is 0 Å². The van der Waals surface area contributed by atoms with Crippen LogP contribution >= 0.6 is 15.9 Å². The first kappa shape index (κ1) is 17.7. The molecule has 4 heteroatoms. The van der Waals surface area contributed by atoms with Gasteiger partial charge in [0.15, 0.2) is 0 Å². The maximum Gasteiger partial charge on any atom is 0.234 e. The topological polar surface area (TPSA) is 32.3 Å². The van der Waals surface area contributed by atoms with Crippen molar-refractivity contribution in [3.05, 3.63) is 70.2 Å². The number of nitrogens with one attached hydrogen (secondary N) is 1. The van der Waals surface area contributed by atoms with E-state index in [1.165, 1.54) is 11.1 Å². The number of rotatable bonds is 7. The van der Waals surface area contributed by atoms with Crippen LogP contribution in [0.15, 0.2) is 59.1 Å². The second kappa shape index (κ2) is 8.85. The Balaban J connectivity index is 1.74. The van der Waals surface area contributed by atoms with Gasteiger partial charge in [-0.1, -0.05) is 65.3 Å². The van der Waals surface area contributed by atoms with Gasteiger partial charge in [0, 0.05) is 17.6 Å². The molecule has 2 rings (SSSR count). The van der Waals surface area contributed by atoms with Gasteiger partial charge in [-0.2, -0.15) is 0 Å². The van der Waals surface area contributed by atoms with Gasteiger partial charge in [0.2, 0.25) is 5.91 Å². The highest BCUT2D eigenvalue weighted by atomic mass is 79.9. The molecule has 0 aliphatic heterocycles. The van der Waals surface area contributed by atoms with Crippen molar-refractivity contribution in [2.75, 3.05) is 20.1 Å². The molecule has 0 saturated carbocycles. The predicted octanol–water partition coefficient (Wildman–Crippen LogP) is 3.80. The number of carbonyl (C=O) groups is 1. The van der Waals surface area contributed by atoms with Gasteiger partial charge in [0.05, 0.1) is 6.54 Å². The fourth-order valence-electron chi connectivity index (χ4n) is 2.42. The molecule has 0 fully saturated rings. The highest BCUT2D eigenvalue weighted by Gasteiger charge is 2.10. The van der Waals surface area contributed by atoms with Crippen LogP contribution in [0.1, 0.15) is 24.0 Å². The largest absolute Gasteiger partial charge is 0.354 e. The van der Waals surface area contributed by atoms with Crippen LogP contribution < -0.4 is 5.32 Å². The van der Waals surface area contributed by atoms with Gasteiger partial charge >= 0.3 is 0 Å². The van der Waals surface area contributed by atoms with Crippen molar-refractivity contribution < 1.29 is 4.79 Å². The minimum absolute atomic E-state index is 0.0624. The summed E-state index contributed by atoms with van der Waals surface area (Å²) in [5.74, 6) is 0.379. The fourth-order valence-corrected chi connectivity index (χ4v) is 2.69. The lowest BCUT2D eigenvalue weighted by molar-refractivity contribution is -0.122. The van der Waals surface area contributed by atoms with Crippen molar-refractivity contribution in [2.24, 2.45) is 0 Å². The van der Waals surface area contributed by atoms with E-state index in [-0.39, 0.29) is 5.91 Å². The fraction of sp³-hybridized carbons (Fsp3) is 0.316. The quantitative estimate of drug-likeness (QED) is 0.799. The normalized spacial score (nSPS) is 12.2. The minimum atomic E-state index is 0.0624. The van der Waals surface area contributed by atoms with E-state index < -0.39 is 0 Å². The van der Waals surface area contributed by atoms with Crippen LogP contribution in [0, 0.1) is 0 Å². The summed E-state index contributed by atoms with van der Waals surface area (Å²) in [6.45, 7) is 3.95. The third-order valence-electron chi connectivity index (χ3n) is 3.75. The van der Waals surface area contributed by atoms with E-state index in [1.54, 1.807) is 0 Å². The van der Waals surface area contributed by atoms with Gasteiger partial charge in [-0.15, -0.1) is 0 Å². The number of benzene rings is 2. The van der Waals surface area contributed by atoms with Crippen molar-refractivity contribution in [1.82, 2.24) is 10.2 Å². The highest BCUT2D eigenvalue weighted by Crippen LogP contribution is 2.13. The number of halogens is 1. The third kappa shape index (κ3) is 6.16. The zero-order valence-electron chi connectivity index (χ0n) is 13.6. The molecule has 2 aromatic rings. The number of likely N-dealkylation sites (N-methyl/N-ethyl adjacent to an activating group) is 1. The molecule has 2 aromatic carbocycles. The minimum Gasteiger partial charge on any atom is -0.354 e. The molecule has 0 radical (unpaired) electrons. The third-order valence-corrected chi connectivity index (χ3v) is 4.28. The van der Waals surface area contributed by atoms with Crippen LogP contribution in [-0.4, -0.2) is 30.9 Å². The Morgan fingerprint density at radius 3 is 2.43 bits per heavy atom. The van der Waals surface area contributed by atoms with Crippen molar-refractivity contribution in [2.45, 2.75) is 19.4 Å². The van der Waals surface area contributed by atoms with E-state index >= 15 is 0 Å². The van der Waals surface area contributed by atoms with Crippen molar-refractivity contribution in [1.29, 1.82) is 0 Å². The Hall–Kier alpha value is -1.65. The molecule has 0 spiro atoms. The number of amides is 1. The number of nitrogens with zero attached hydrogens (tertiary/aromatic N) is 1. The number of hydrogen-bond acceptors (Lipinski definition) is 2. The van der Waals surface area contributed by atoms with E-state index in [1.807, 2.05) is 42.3 Å². The molecule has 122 valence electrons. The molecule has 1 N–H and O–H groups in total. The lowest BCUT2D eigenvalue weighted by Gasteiger charge is -2.18. The first-order chi connectivity index (χ1) is 11.0. The Labute approximate surface area is 146 Å². The zero-order valence-corrected chi connectivity index (χ0v) is 15.2. The summed E-state index contributed by atoms with van der Waals surface area (Å²) < 4.78 is 1.07. The lowest BCUT2D eigenvalue weighted by atomic mass is 10.0. The molecule has 0 heterocycles. The summed E-state index contributed by atoms with van der Waals surface area (Å²) >= 11 is 3.43. The molecule has 0 aromatic heterocycles. The lowest BCUT2D eigenvalue weighted by Crippen LogP contribution is -2.36. The molecule has 0 aliphatic carbocycles. The Bertz CT molecular complexity index is 613. The van der Waals surface area contributed by atoms with E-state index in [0.29, 0.717) is 19.0 Å². The van der Waals surface area contributed by atoms with E-state index in [4.69, 9.17) is 0 Å². The predicted molar refractivity (Wildman–Crippen MR) is 98.3 cm³/mol. The molecule has 23 heavy (non-hydrogen) atoms. The summed E-state index contributed by atoms with van der Waals surface area (Å²) in [6.07, 6.45) is 0. The molecule has 0 bridgehead atoms. The van der Waals surface area contributed by atoms with Gasteiger partial charge in [-0.3, -0.25) is 9.69 Å². The average Bonchev–Trinajstić information content (AvgIpc) is 2.55. The first-order valence-corrected chi connectivity index (χ1v) is 8.58. The van der Waals surface area contributed by atoms with E-state index in [0.717, 1.165) is 11.0 Å². The highest BCUT2D eigenvalue weighted by molar-refractivity contribution is 9.10. The molecule has 3 nitrogen and oxygen atoms in total. The Morgan fingerprint density at radius 2 is 1.78 bits per heavy atom. The number of carbonyl (C=O) groups excluding carboxylic acids is 1. The van der Waals surface area contributed by atoms with Gasteiger partial charge in [0.25, 0.3) is 0 Å². The molecular weight excluding hydrogens is 352 g/mol. The van der Waals surface area contributed by atoms with Crippen LogP contribution in [0.3, 0.4) is 0 Å². The molecule has 1 atom stereocenters. The average molecular weight is 375 g/mol. The van der Waals surface area contributed by atoms with E-state index in [9.17, 15) is 4.79 Å². The second-order valence-electron chi connectivity index (χ2n) is 5.91. The van der Waals surface area contributed by atoms with Gasteiger partial charge in [0.1, 0.15) is 0 Å². The molecule has 0 saturated heterocycles. The Morgan fingerprint density at radius 1 is 1.13 bits per heavy atom. The Kier molecular flexibility index (Phi) is 6.81. The van der Waals surface area contributed by atoms with Crippen LogP contribution in [0.2, 0.25) is 0 Å². The van der Waals surface area contributed by atoms with Crippen LogP contribution in [-0.2, 0) is 11.3 Å². The van der Waals surface area contributed by atoms with Crippen LogP contribution in [0.5, 0.6) is 0 Å². The standard InChI is InChI=1S/C19H23BrN2O/c1-15(17-6-4-3-5-7-17)12-21-19(23)14-22(2)13-16-8-10-18(20)11-9-16/h3-11,15H,12-14H2,1-2H3,(H,21,23)/t15-/m0/s1. The monoisotopic (exact) mass is 374 g/mol. The van der Waals surface area contributed by atoms with Gasteiger partial charge < -0.3 is 5.32 Å². The summed E-state index contributed by atoms with van der Waals surface area (Å²) in [6, 6.07) is 18.4. The first-order valence-electron chi connectivity index (χ1n) is 7.79. The molecular formula is C19H23BrN2O.